The van der Waals surface area contributed by atoms with Crippen LogP contribution in [0.25, 0.3) is 0 Å². The number of hydrogen-bond donors (Lipinski definition) is 2. The quantitative estimate of drug-likeness (QED) is 0.730. The van der Waals surface area contributed by atoms with Crippen molar-refractivity contribution in [2.45, 2.75) is 25.4 Å². The van der Waals surface area contributed by atoms with E-state index in [1.54, 1.807) is 30.6 Å². The molecule has 1 unspecified atom stereocenters. The summed E-state index contributed by atoms with van der Waals surface area (Å²) in [6.45, 7) is 1.91. The molecule has 7 nitrogen and oxygen atoms in total. The van der Waals surface area contributed by atoms with Gasteiger partial charge in [0.2, 0.25) is 5.91 Å². The van der Waals surface area contributed by atoms with Gasteiger partial charge in [0.15, 0.2) is 0 Å². The number of rotatable bonds is 7. The largest absolute Gasteiger partial charge is 0.492 e. The number of amides is 1. The third-order valence-corrected chi connectivity index (χ3v) is 4.12. The predicted octanol–water partition coefficient (Wildman–Crippen LogP) is 1.03. The minimum absolute atomic E-state index is 0.0425. The molecule has 0 aliphatic carbocycles. The summed E-state index contributed by atoms with van der Waals surface area (Å²) in [6, 6.07) is 7.38. The van der Waals surface area contributed by atoms with Crippen molar-refractivity contribution in [3.8, 4) is 5.75 Å². The fourth-order valence-electron chi connectivity index (χ4n) is 2.59. The average molecular weight is 350 g/mol. The number of fused-ring (bicyclic) bond motifs is 1. The van der Waals surface area contributed by atoms with E-state index in [2.05, 4.69) is 20.7 Å². The van der Waals surface area contributed by atoms with Crippen LogP contribution in [0.15, 0.2) is 30.6 Å². The number of carbonyl (C=O) groups excluding carboxylic acids is 1. The number of carbonyl (C=O) groups is 1. The summed E-state index contributed by atoms with van der Waals surface area (Å²) in [5, 5.41) is 10.9. The minimum Gasteiger partial charge on any atom is -0.492 e. The Morgan fingerprint density at radius 2 is 2.21 bits per heavy atom. The van der Waals surface area contributed by atoms with E-state index < -0.39 is 0 Å². The van der Waals surface area contributed by atoms with Crippen LogP contribution in [0, 0.1) is 0 Å². The molecule has 2 heterocycles. The van der Waals surface area contributed by atoms with E-state index in [4.69, 9.17) is 16.3 Å². The van der Waals surface area contributed by atoms with Crippen molar-refractivity contribution < 1.29 is 9.53 Å². The van der Waals surface area contributed by atoms with E-state index in [1.807, 2.05) is 4.68 Å². The van der Waals surface area contributed by atoms with Crippen LogP contribution in [-0.2, 0) is 17.8 Å². The number of nitrogens with one attached hydrogen (secondary N) is 2. The highest BCUT2D eigenvalue weighted by atomic mass is 35.5. The SMILES string of the molecule is O=C(CNC1CCc2ncnn2C1)NCCOc1ccc(Cl)cc1. The van der Waals surface area contributed by atoms with Gasteiger partial charge in [-0.25, -0.2) is 9.67 Å². The number of nitrogens with zero attached hydrogens (tertiary/aromatic N) is 3. The fraction of sp³-hybridized carbons (Fsp3) is 0.438. The van der Waals surface area contributed by atoms with Gasteiger partial charge in [-0.1, -0.05) is 11.6 Å². The van der Waals surface area contributed by atoms with Crippen LogP contribution in [0.2, 0.25) is 5.02 Å². The lowest BCUT2D eigenvalue weighted by Gasteiger charge is -2.23. The third-order valence-electron chi connectivity index (χ3n) is 3.86. The summed E-state index contributed by atoms with van der Waals surface area (Å²) in [4.78, 5) is 16.0. The van der Waals surface area contributed by atoms with Crippen molar-refractivity contribution in [1.82, 2.24) is 25.4 Å². The van der Waals surface area contributed by atoms with Crippen molar-refractivity contribution in [1.29, 1.82) is 0 Å². The topological polar surface area (TPSA) is 81.1 Å². The van der Waals surface area contributed by atoms with Crippen molar-refractivity contribution in [2.75, 3.05) is 19.7 Å². The number of halogens is 1. The molecule has 1 aromatic carbocycles. The summed E-state index contributed by atoms with van der Waals surface area (Å²) < 4.78 is 7.41. The molecule has 2 N–H and O–H groups in total. The van der Waals surface area contributed by atoms with Gasteiger partial charge in [-0.15, -0.1) is 0 Å². The van der Waals surface area contributed by atoms with Gasteiger partial charge in [0.1, 0.15) is 24.5 Å². The Balaban J connectivity index is 1.30. The highest BCUT2D eigenvalue weighted by molar-refractivity contribution is 6.30. The number of ether oxygens (including phenoxy) is 1. The molecule has 1 aliphatic rings. The standard InChI is InChI=1S/C16H20ClN5O2/c17-12-1-4-14(5-2-12)24-8-7-18-16(23)9-19-13-3-6-15-20-11-21-22(15)10-13/h1-2,4-5,11,13,19H,3,6-10H2,(H,18,23). The molecule has 128 valence electrons. The highest BCUT2D eigenvalue weighted by Crippen LogP contribution is 2.15. The molecule has 0 saturated carbocycles. The van der Waals surface area contributed by atoms with E-state index in [-0.39, 0.29) is 18.5 Å². The first kappa shape index (κ1) is 16.7. The van der Waals surface area contributed by atoms with Gasteiger partial charge >= 0.3 is 0 Å². The maximum atomic E-state index is 11.9. The van der Waals surface area contributed by atoms with Gasteiger partial charge < -0.3 is 15.4 Å². The molecule has 0 bridgehead atoms. The monoisotopic (exact) mass is 349 g/mol. The first-order valence-electron chi connectivity index (χ1n) is 7.96. The minimum atomic E-state index is -0.0425. The lowest BCUT2D eigenvalue weighted by atomic mass is 10.1. The molecule has 1 atom stereocenters. The van der Waals surface area contributed by atoms with Gasteiger partial charge in [0, 0.05) is 17.5 Å². The van der Waals surface area contributed by atoms with Crippen molar-refractivity contribution >= 4 is 17.5 Å². The number of aromatic nitrogens is 3. The van der Waals surface area contributed by atoms with Crippen LogP contribution in [0.4, 0.5) is 0 Å². The Morgan fingerprint density at radius 1 is 1.38 bits per heavy atom. The molecule has 2 aromatic rings. The van der Waals surface area contributed by atoms with E-state index in [0.29, 0.717) is 18.2 Å². The van der Waals surface area contributed by atoms with Gasteiger partial charge in [-0.2, -0.15) is 5.10 Å². The second kappa shape index (κ2) is 8.12. The summed E-state index contributed by atoms with van der Waals surface area (Å²) >= 11 is 5.81. The Morgan fingerprint density at radius 3 is 3.04 bits per heavy atom. The van der Waals surface area contributed by atoms with E-state index in [1.165, 1.54) is 0 Å². The summed E-state index contributed by atoms with van der Waals surface area (Å²) in [5.41, 5.74) is 0. The maximum Gasteiger partial charge on any atom is 0.234 e. The zero-order chi connectivity index (χ0) is 16.8. The van der Waals surface area contributed by atoms with Crippen LogP contribution in [0.1, 0.15) is 12.2 Å². The molecule has 24 heavy (non-hydrogen) atoms. The molecule has 1 aliphatic heterocycles. The first-order chi connectivity index (χ1) is 11.7. The lowest BCUT2D eigenvalue weighted by molar-refractivity contribution is -0.120. The van der Waals surface area contributed by atoms with Crippen LogP contribution in [0.3, 0.4) is 0 Å². The summed E-state index contributed by atoms with van der Waals surface area (Å²) in [6.07, 6.45) is 3.42. The second-order valence-electron chi connectivity index (χ2n) is 5.63. The summed E-state index contributed by atoms with van der Waals surface area (Å²) in [7, 11) is 0. The molecular formula is C16H20ClN5O2. The molecular weight excluding hydrogens is 330 g/mol. The Labute approximate surface area is 145 Å². The van der Waals surface area contributed by atoms with Gasteiger partial charge in [-0.3, -0.25) is 4.79 Å². The zero-order valence-corrected chi connectivity index (χ0v) is 14.0. The molecule has 0 radical (unpaired) electrons. The molecule has 8 heteroatoms. The average Bonchev–Trinajstić information content (AvgIpc) is 3.06. The summed E-state index contributed by atoms with van der Waals surface area (Å²) in [5.74, 6) is 1.70. The van der Waals surface area contributed by atoms with Gasteiger partial charge in [0.25, 0.3) is 0 Å². The van der Waals surface area contributed by atoms with Crippen molar-refractivity contribution in [2.24, 2.45) is 0 Å². The molecule has 1 amide bonds. The number of hydrogen-bond acceptors (Lipinski definition) is 5. The second-order valence-corrected chi connectivity index (χ2v) is 6.06. The smallest absolute Gasteiger partial charge is 0.234 e. The van der Waals surface area contributed by atoms with E-state index in [0.717, 1.165) is 31.0 Å². The Kier molecular flexibility index (Phi) is 5.66. The zero-order valence-electron chi connectivity index (χ0n) is 13.2. The highest BCUT2D eigenvalue weighted by Gasteiger charge is 2.19. The molecule has 0 saturated heterocycles. The fourth-order valence-corrected chi connectivity index (χ4v) is 2.72. The van der Waals surface area contributed by atoms with Crippen LogP contribution < -0.4 is 15.4 Å². The third kappa shape index (κ3) is 4.69. The Hall–Kier alpha value is -2.12. The van der Waals surface area contributed by atoms with Crippen LogP contribution in [-0.4, -0.2) is 46.4 Å². The van der Waals surface area contributed by atoms with Gasteiger partial charge in [-0.05, 0) is 30.7 Å². The lowest BCUT2D eigenvalue weighted by Crippen LogP contribution is -2.44. The van der Waals surface area contributed by atoms with E-state index >= 15 is 0 Å². The normalized spacial score (nSPS) is 16.5. The first-order valence-corrected chi connectivity index (χ1v) is 8.33. The van der Waals surface area contributed by atoms with Crippen molar-refractivity contribution in [3.63, 3.8) is 0 Å². The van der Waals surface area contributed by atoms with Crippen LogP contribution in [0.5, 0.6) is 5.75 Å². The molecule has 0 fully saturated rings. The Bertz CT molecular complexity index is 673. The predicted molar refractivity (Wildman–Crippen MR) is 90.1 cm³/mol. The molecule has 1 aromatic heterocycles. The van der Waals surface area contributed by atoms with Crippen molar-refractivity contribution in [3.05, 3.63) is 41.4 Å². The molecule has 3 rings (SSSR count). The van der Waals surface area contributed by atoms with E-state index in [9.17, 15) is 4.79 Å². The van der Waals surface area contributed by atoms with Gasteiger partial charge in [0.05, 0.1) is 19.6 Å². The van der Waals surface area contributed by atoms with Crippen LogP contribution >= 0.6 is 11.6 Å². The number of aryl methyl sites for hydroxylation is 1. The molecule has 0 spiro atoms. The maximum absolute atomic E-state index is 11.9. The number of benzene rings is 1.